The summed E-state index contributed by atoms with van der Waals surface area (Å²) < 4.78 is 0. The van der Waals surface area contributed by atoms with Gasteiger partial charge in [-0.15, -0.1) is 0 Å². The topological polar surface area (TPSA) is 208 Å². The molecule has 0 saturated heterocycles. The number of carboxylic acid groups (broad SMARTS) is 2. The first-order valence-electron chi connectivity index (χ1n) is 9.33. The van der Waals surface area contributed by atoms with Gasteiger partial charge in [0.25, 0.3) is 0 Å². The van der Waals surface area contributed by atoms with E-state index in [9.17, 15) is 34.2 Å². The third kappa shape index (κ3) is 11.2. The Balaban J connectivity index is 5.43. The van der Waals surface area contributed by atoms with E-state index in [-0.39, 0.29) is 18.6 Å². The van der Waals surface area contributed by atoms with Crippen LogP contribution >= 0.6 is 24.4 Å². The molecule has 0 bridgehead atoms. The molecule has 5 unspecified atom stereocenters. The molecule has 0 aliphatic carbocycles. The predicted octanol–water partition coefficient (Wildman–Crippen LogP) is -2.22. The van der Waals surface area contributed by atoms with Crippen LogP contribution in [0.3, 0.4) is 0 Å². The van der Waals surface area contributed by atoms with Gasteiger partial charge in [-0.05, 0) is 31.8 Å². The second kappa shape index (κ2) is 14.9. The number of aliphatic hydroxyl groups excluding tert-OH is 1. The van der Waals surface area contributed by atoms with E-state index < -0.39 is 66.4 Å². The molecule has 0 spiro atoms. The Bertz CT molecular complexity index is 650. The summed E-state index contributed by atoms with van der Waals surface area (Å²) in [7, 11) is 0. The normalized spacial score (nSPS) is 15.6. The van der Waals surface area contributed by atoms with E-state index in [1.54, 1.807) is 6.26 Å². The molecule has 0 aliphatic heterocycles. The first-order valence-corrected chi connectivity index (χ1v) is 11.4. The van der Waals surface area contributed by atoms with Crippen molar-refractivity contribution in [1.29, 1.82) is 0 Å². The number of nitrogens with two attached hydrogens (primary N) is 1. The molecule has 12 nitrogen and oxygen atoms in total. The van der Waals surface area contributed by atoms with Crippen LogP contribution in [0.4, 0.5) is 0 Å². The second-order valence-electron chi connectivity index (χ2n) is 6.69. The molecule has 0 aromatic rings. The molecule has 0 heterocycles. The number of aliphatic carboxylic acids is 2. The SMILES string of the molecule is CSCCC(NC(=O)C(CCC(=O)O)NC(=O)C(NC(=O)C(N)CS)C(C)O)C(=O)O. The fourth-order valence-electron chi connectivity index (χ4n) is 2.31. The lowest BCUT2D eigenvalue weighted by Crippen LogP contribution is -2.60. The molecule has 8 N–H and O–H groups in total. The maximum Gasteiger partial charge on any atom is 0.326 e. The maximum atomic E-state index is 12.6. The van der Waals surface area contributed by atoms with Gasteiger partial charge in [0.15, 0.2) is 0 Å². The highest BCUT2D eigenvalue weighted by Crippen LogP contribution is 2.05. The van der Waals surface area contributed by atoms with Crippen LogP contribution in [0.15, 0.2) is 0 Å². The van der Waals surface area contributed by atoms with Crippen LogP contribution in [-0.2, 0) is 24.0 Å². The van der Waals surface area contributed by atoms with Gasteiger partial charge in [-0.1, -0.05) is 0 Å². The van der Waals surface area contributed by atoms with E-state index in [0.717, 1.165) is 0 Å². The fourth-order valence-corrected chi connectivity index (χ4v) is 2.95. The van der Waals surface area contributed by atoms with Crippen LogP contribution in [0, 0.1) is 0 Å². The van der Waals surface area contributed by atoms with Crippen molar-refractivity contribution in [3.8, 4) is 0 Å². The molecule has 31 heavy (non-hydrogen) atoms. The van der Waals surface area contributed by atoms with Gasteiger partial charge in [0.1, 0.15) is 18.1 Å². The van der Waals surface area contributed by atoms with Crippen LogP contribution < -0.4 is 21.7 Å². The minimum atomic E-state index is -1.48. The van der Waals surface area contributed by atoms with E-state index in [0.29, 0.717) is 5.75 Å². The second-order valence-corrected chi connectivity index (χ2v) is 8.04. The highest BCUT2D eigenvalue weighted by Gasteiger charge is 2.32. The van der Waals surface area contributed by atoms with Crippen LogP contribution in [-0.4, -0.2) is 93.0 Å². The molecule has 0 rings (SSSR count). The highest BCUT2D eigenvalue weighted by molar-refractivity contribution is 7.98. The summed E-state index contributed by atoms with van der Waals surface area (Å²) in [5.41, 5.74) is 5.53. The number of carbonyl (C=O) groups is 5. The van der Waals surface area contributed by atoms with Crippen molar-refractivity contribution >= 4 is 54.1 Å². The van der Waals surface area contributed by atoms with Crippen molar-refractivity contribution in [2.75, 3.05) is 17.8 Å². The number of carbonyl (C=O) groups excluding carboxylic acids is 3. The van der Waals surface area contributed by atoms with Gasteiger partial charge in [0, 0.05) is 12.2 Å². The van der Waals surface area contributed by atoms with Gasteiger partial charge in [0.05, 0.1) is 12.1 Å². The van der Waals surface area contributed by atoms with Crippen LogP contribution in [0.1, 0.15) is 26.2 Å². The van der Waals surface area contributed by atoms with Crippen LogP contribution in [0.2, 0.25) is 0 Å². The van der Waals surface area contributed by atoms with Gasteiger partial charge in [0.2, 0.25) is 17.7 Å². The highest BCUT2D eigenvalue weighted by atomic mass is 32.2. The largest absolute Gasteiger partial charge is 0.481 e. The molecular weight excluding hydrogens is 452 g/mol. The van der Waals surface area contributed by atoms with Crippen molar-refractivity contribution < 1.29 is 39.3 Å². The number of carboxylic acids is 2. The van der Waals surface area contributed by atoms with Gasteiger partial charge in [-0.25, -0.2) is 4.79 Å². The van der Waals surface area contributed by atoms with Crippen molar-refractivity contribution in [3.63, 3.8) is 0 Å². The number of aliphatic hydroxyl groups is 1. The van der Waals surface area contributed by atoms with Gasteiger partial charge < -0.3 is 37.0 Å². The van der Waals surface area contributed by atoms with Crippen molar-refractivity contribution in [1.82, 2.24) is 16.0 Å². The third-order valence-electron chi connectivity index (χ3n) is 4.10. The Morgan fingerprint density at radius 1 is 0.968 bits per heavy atom. The van der Waals surface area contributed by atoms with Gasteiger partial charge >= 0.3 is 11.9 Å². The quantitative estimate of drug-likeness (QED) is 0.118. The van der Waals surface area contributed by atoms with E-state index in [1.165, 1.54) is 18.7 Å². The lowest BCUT2D eigenvalue weighted by Gasteiger charge is -2.26. The van der Waals surface area contributed by atoms with E-state index in [2.05, 4.69) is 28.6 Å². The molecule has 0 saturated carbocycles. The van der Waals surface area contributed by atoms with Crippen molar-refractivity contribution in [3.05, 3.63) is 0 Å². The average molecular weight is 483 g/mol. The number of thiol groups is 1. The summed E-state index contributed by atoms with van der Waals surface area (Å²) in [6, 6.07) is -5.16. The molecule has 0 aliphatic rings. The lowest BCUT2D eigenvalue weighted by atomic mass is 10.1. The first-order chi connectivity index (χ1) is 14.4. The minimum absolute atomic E-state index is 0.0176. The summed E-state index contributed by atoms with van der Waals surface area (Å²) in [5.74, 6) is -4.70. The first kappa shape index (κ1) is 29.0. The van der Waals surface area contributed by atoms with Gasteiger partial charge in [-0.2, -0.15) is 24.4 Å². The number of hydrogen-bond acceptors (Lipinski definition) is 9. The molecule has 0 aromatic carbocycles. The number of rotatable bonds is 15. The fraction of sp³-hybridized carbons (Fsp3) is 0.706. The van der Waals surface area contributed by atoms with Crippen LogP contribution in [0.5, 0.6) is 0 Å². The van der Waals surface area contributed by atoms with E-state index in [4.69, 9.17) is 10.8 Å². The summed E-state index contributed by atoms with van der Waals surface area (Å²) in [6.45, 7) is 1.23. The number of amides is 3. The van der Waals surface area contributed by atoms with E-state index >= 15 is 0 Å². The molecular formula is C17H30N4O8S2. The summed E-state index contributed by atoms with van der Waals surface area (Å²) in [5, 5.41) is 34.8. The number of thioether (sulfide) groups is 1. The minimum Gasteiger partial charge on any atom is -0.481 e. The Hall–Kier alpha value is -2.03. The Morgan fingerprint density at radius 2 is 1.55 bits per heavy atom. The van der Waals surface area contributed by atoms with Crippen molar-refractivity contribution in [2.45, 2.75) is 56.5 Å². The monoisotopic (exact) mass is 482 g/mol. The molecule has 0 radical (unpaired) electrons. The standard InChI is InChI=1S/C17H30N4O8S2/c1-8(22)13(21-14(25)9(18)7-30)16(27)19-10(3-4-12(23)24)15(26)20-11(17(28)29)5-6-31-2/h8-11,13,22,30H,3-7,18H2,1-2H3,(H,19,27)(H,20,26)(H,21,25)(H,23,24)(H,28,29). The maximum absolute atomic E-state index is 12.6. The third-order valence-corrected chi connectivity index (χ3v) is 5.14. The summed E-state index contributed by atoms with van der Waals surface area (Å²) >= 11 is 5.25. The zero-order valence-electron chi connectivity index (χ0n) is 17.2. The molecule has 0 aromatic heterocycles. The number of nitrogens with one attached hydrogen (secondary N) is 3. The smallest absolute Gasteiger partial charge is 0.326 e. The Kier molecular flexibility index (Phi) is 13.9. The Labute approximate surface area is 189 Å². The zero-order chi connectivity index (χ0) is 24.1. The number of hydrogen-bond donors (Lipinski definition) is 8. The lowest BCUT2D eigenvalue weighted by molar-refractivity contribution is -0.143. The molecule has 14 heteroatoms. The predicted molar refractivity (Wildman–Crippen MR) is 117 cm³/mol. The molecule has 3 amide bonds. The zero-order valence-corrected chi connectivity index (χ0v) is 18.9. The van der Waals surface area contributed by atoms with E-state index in [1.807, 2.05) is 0 Å². The Morgan fingerprint density at radius 3 is 2.00 bits per heavy atom. The summed E-state index contributed by atoms with van der Waals surface area (Å²) in [6.07, 6.45) is -0.306. The summed E-state index contributed by atoms with van der Waals surface area (Å²) in [4.78, 5) is 59.4. The molecule has 0 fully saturated rings. The van der Waals surface area contributed by atoms with Crippen molar-refractivity contribution in [2.24, 2.45) is 5.73 Å². The average Bonchev–Trinajstić information content (AvgIpc) is 2.70. The molecule has 178 valence electrons. The van der Waals surface area contributed by atoms with Gasteiger partial charge in [-0.3, -0.25) is 19.2 Å². The van der Waals surface area contributed by atoms with Crippen LogP contribution in [0.25, 0.3) is 0 Å². The molecule has 5 atom stereocenters.